The zero-order valence-electron chi connectivity index (χ0n) is 17.1. The monoisotopic (exact) mass is 416 g/mol. The fraction of sp³-hybridized carbons (Fsp3) is 0.200. The van der Waals surface area contributed by atoms with Crippen LogP contribution in [0.1, 0.15) is 12.0 Å². The van der Waals surface area contributed by atoms with Crippen LogP contribution in [-0.4, -0.2) is 36.1 Å². The summed E-state index contributed by atoms with van der Waals surface area (Å²) in [5.74, 6) is 1.42. The lowest BCUT2D eigenvalue weighted by molar-refractivity contribution is -0.127. The summed E-state index contributed by atoms with van der Waals surface area (Å²) in [5, 5.41) is 2.70. The first-order valence-electron chi connectivity index (χ1n) is 10.3. The van der Waals surface area contributed by atoms with E-state index in [0.717, 1.165) is 12.2 Å². The SMILES string of the molecule is O=C(Nc1ccc(Oc2ccccc2)cc1)OC1CC(=O)N(CCc2ccccc2)C1. The van der Waals surface area contributed by atoms with Crippen molar-refractivity contribution in [2.45, 2.75) is 18.9 Å². The Kier molecular flexibility index (Phi) is 6.47. The van der Waals surface area contributed by atoms with E-state index in [0.29, 0.717) is 24.5 Å². The van der Waals surface area contributed by atoms with E-state index >= 15 is 0 Å². The Balaban J connectivity index is 1.23. The molecule has 3 aromatic rings. The molecule has 1 fully saturated rings. The summed E-state index contributed by atoms with van der Waals surface area (Å²) in [5.41, 5.74) is 1.77. The van der Waals surface area contributed by atoms with Crippen molar-refractivity contribution in [2.24, 2.45) is 0 Å². The summed E-state index contributed by atoms with van der Waals surface area (Å²) in [6, 6.07) is 26.5. The molecule has 4 rings (SSSR count). The van der Waals surface area contributed by atoms with Crippen LogP contribution in [0.2, 0.25) is 0 Å². The largest absolute Gasteiger partial charge is 0.457 e. The van der Waals surface area contributed by atoms with Crippen molar-refractivity contribution in [3.63, 3.8) is 0 Å². The molecule has 1 aliphatic heterocycles. The molecule has 2 amide bonds. The highest BCUT2D eigenvalue weighted by Gasteiger charge is 2.31. The smallest absolute Gasteiger partial charge is 0.411 e. The zero-order valence-corrected chi connectivity index (χ0v) is 17.1. The van der Waals surface area contributed by atoms with Crippen LogP contribution in [0, 0.1) is 0 Å². The fourth-order valence-corrected chi connectivity index (χ4v) is 3.47. The number of nitrogens with zero attached hydrogens (tertiary/aromatic N) is 1. The number of likely N-dealkylation sites (tertiary alicyclic amines) is 1. The molecule has 3 aromatic carbocycles. The summed E-state index contributed by atoms with van der Waals surface area (Å²) < 4.78 is 11.2. The number of hydrogen-bond acceptors (Lipinski definition) is 4. The zero-order chi connectivity index (χ0) is 21.5. The van der Waals surface area contributed by atoms with E-state index in [2.05, 4.69) is 5.32 Å². The Bertz CT molecular complexity index is 1010. The molecule has 0 aliphatic carbocycles. The van der Waals surface area contributed by atoms with Crippen molar-refractivity contribution < 1.29 is 19.1 Å². The maximum absolute atomic E-state index is 12.2. The molecule has 6 nitrogen and oxygen atoms in total. The molecule has 0 spiro atoms. The van der Waals surface area contributed by atoms with E-state index in [4.69, 9.17) is 9.47 Å². The maximum Gasteiger partial charge on any atom is 0.411 e. The summed E-state index contributed by atoms with van der Waals surface area (Å²) in [6.07, 6.45) is -0.0157. The van der Waals surface area contributed by atoms with Gasteiger partial charge in [0.25, 0.3) is 0 Å². The highest BCUT2D eigenvalue weighted by atomic mass is 16.6. The summed E-state index contributed by atoms with van der Waals surface area (Å²) in [7, 11) is 0. The Morgan fingerprint density at radius 2 is 1.55 bits per heavy atom. The summed E-state index contributed by atoms with van der Waals surface area (Å²) >= 11 is 0. The standard InChI is InChI=1S/C25H24N2O4/c28-24-17-23(18-27(24)16-15-19-7-3-1-4-8-19)31-25(29)26-20-11-13-22(14-12-20)30-21-9-5-2-6-10-21/h1-14,23H,15-18H2,(H,26,29). The van der Waals surface area contributed by atoms with Crippen molar-refractivity contribution in [2.75, 3.05) is 18.4 Å². The minimum atomic E-state index is -0.570. The molecule has 0 aromatic heterocycles. The number of carbonyl (C=O) groups excluding carboxylic acids is 2. The van der Waals surface area contributed by atoms with Crippen LogP contribution in [0.3, 0.4) is 0 Å². The molecule has 158 valence electrons. The number of anilines is 1. The highest BCUT2D eigenvalue weighted by Crippen LogP contribution is 2.23. The Morgan fingerprint density at radius 1 is 0.903 bits per heavy atom. The van der Waals surface area contributed by atoms with Gasteiger partial charge >= 0.3 is 6.09 Å². The molecule has 1 N–H and O–H groups in total. The molecular formula is C25H24N2O4. The predicted octanol–water partition coefficient (Wildman–Crippen LogP) is 4.87. The van der Waals surface area contributed by atoms with Crippen molar-refractivity contribution in [1.82, 2.24) is 4.90 Å². The van der Waals surface area contributed by atoms with Gasteiger partial charge < -0.3 is 14.4 Å². The van der Waals surface area contributed by atoms with Gasteiger partial charge in [0, 0.05) is 12.2 Å². The predicted molar refractivity (Wildman–Crippen MR) is 118 cm³/mol. The lowest BCUT2D eigenvalue weighted by Gasteiger charge is -2.17. The van der Waals surface area contributed by atoms with Gasteiger partial charge in [-0.05, 0) is 48.4 Å². The van der Waals surface area contributed by atoms with E-state index in [1.807, 2.05) is 60.7 Å². The van der Waals surface area contributed by atoms with E-state index in [9.17, 15) is 9.59 Å². The van der Waals surface area contributed by atoms with Crippen LogP contribution in [0.5, 0.6) is 11.5 Å². The highest BCUT2D eigenvalue weighted by molar-refractivity contribution is 5.86. The average molecular weight is 416 g/mol. The van der Waals surface area contributed by atoms with E-state index in [-0.39, 0.29) is 12.3 Å². The second-order valence-electron chi connectivity index (χ2n) is 7.37. The third kappa shape index (κ3) is 5.85. The van der Waals surface area contributed by atoms with Gasteiger partial charge in [-0.3, -0.25) is 10.1 Å². The molecule has 1 saturated heterocycles. The first-order valence-corrected chi connectivity index (χ1v) is 10.3. The second kappa shape index (κ2) is 9.80. The normalized spacial score (nSPS) is 15.5. The van der Waals surface area contributed by atoms with Gasteiger partial charge in [-0.25, -0.2) is 4.79 Å². The van der Waals surface area contributed by atoms with Crippen LogP contribution in [0.4, 0.5) is 10.5 Å². The number of nitrogens with one attached hydrogen (secondary N) is 1. The third-order valence-corrected chi connectivity index (χ3v) is 5.05. The molecule has 1 atom stereocenters. The van der Waals surface area contributed by atoms with Crippen molar-refractivity contribution >= 4 is 17.7 Å². The first-order chi connectivity index (χ1) is 15.2. The third-order valence-electron chi connectivity index (χ3n) is 5.05. The number of amides is 2. The average Bonchev–Trinajstić information content (AvgIpc) is 3.13. The molecule has 0 radical (unpaired) electrons. The van der Waals surface area contributed by atoms with Gasteiger partial charge in [0.05, 0.1) is 13.0 Å². The molecule has 31 heavy (non-hydrogen) atoms. The van der Waals surface area contributed by atoms with E-state index in [1.165, 1.54) is 5.56 Å². The van der Waals surface area contributed by atoms with E-state index < -0.39 is 12.2 Å². The molecule has 1 aliphatic rings. The lowest BCUT2D eigenvalue weighted by atomic mass is 10.1. The minimum absolute atomic E-state index is 0.0103. The van der Waals surface area contributed by atoms with Crippen LogP contribution in [0.15, 0.2) is 84.9 Å². The fourth-order valence-electron chi connectivity index (χ4n) is 3.47. The van der Waals surface area contributed by atoms with Gasteiger partial charge in [0.2, 0.25) is 5.91 Å². The van der Waals surface area contributed by atoms with Crippen LogP contribution in [0.25, 0.3) is 0 Å². The molecule has 1 unspecified atom stereocenters. The molecule has 0 saturated carbocycles. The maximum atomic E-state index is 12.2. The quantitative estimate of drug-likeness (QED) is 0.597. The first kappa shape index (κ1) is 20.5. The summed E-state index contributed by atoms with van der Waals surface area (Å²) in [4.78, 5) is 26.2. The van der Waals surface area contributed by atoms with Crippen molar-refractivity contribution in [3.05, 3.63) is 90.5 Å². The number of benzene rings is 3. The molecule has 1 heterocycles. The Labute approximate surface area is 181 Å². The number of ether oxygens (including phenoxy) is 2. The summed E-state index contributed by atoms with van der Waals surface area (Å²) in [6.45, 7) is 1.04. The Hall–Kier alpha value is -3.80. The van der Waals surface area contributed by atoms with Crippen LogP contribution in [-0.2, 0) is 16.0 Å². The minimum Gasteiger partial charge on any atom is -0.457 e. The Morgan fingerprint density at radius 3 is 2.26 bits per heavy atom. The van der Waals surface area contributed by atoms with Gasteiger partial charge in [-0.2, -0.15) is 0 Å². The second-order valence-corrected chi connectivity index (χ2v) is 7.37. The van der Waals surface area contributed by atoms with Crippen LogP contribution < -0.4 is 10.1 Å². The van der Waals surface area contributed by atoms with Crippen molar-refractivity contribution in [3.8, 4) is 11.5 Å². The molecule has 6 heteroatoms. The number of rotatable bonds is 7. The van der Waals surface area contributed by atoms with E-state index in [1.54, 1.807) is 29.2 Å². The van der Waals surface area contributed by atoms with Gasteiger partial charge in [-0.15, -0.1) is 0 Å². The van der Waals surface area contributed by atoms with Crippen molar-refractivity contribution in [1.29, 1.82) is 0 Å². The van der Waals surface area contributed by atoms with Gasteiger partial charge in [0.1, 0.15) is 17.6 Å². The van der Waals surface area contributed by atoms with Gasteiger partial charge in [0.15, 0.2) is 0 Å². The molecular weight excluding hydrogens is 392 g/mol. The number of para-hydroxylation sites is 1. The number of hydrogen-bond donors (Lipinski definition) is 1. The number of carbonyl (C=O) groups is 2. The molecule has 0 bridgehead atoms. The lowest BCUT2D eigenvalue weighted by Crippen LogP contribution is -2.29. The topological polar surface area (TPSA) is 67.9 Å². The van der Waals surface area contributed by atoms with Gasteiger partial charge in [-0.1, -0.05) is 48.5 Å². The van der Waals surface area contributed by atoms with Crippen LogP contribution >= 0.6 is 0 Å².